The van der Waals surface area contributed by atoms with Crippen molar-refractivity contribution in [2.75, 3.05) is 62.0 Å². The number of likely N-dealkylation sites (tertiary alicyclic amines) is 2. The van der Waals surface area contributed by atoms with E-state index < -0.39 is 0 Å². The van der Waals surface area contributed by atoms with Gasteiger partial charge in [0.15, 0.2) is 0 Å². The quantitative estimate of drug-likeness (QED) is 0.588. The molecule has 2 aromatic rings. The number of anilines is 4. The Hall–Kier alpha value is -3.92. The van der Waals surface area contributed by atoms with Gasteiger partial charge in [0, 0.05) is 57.5 Å². The molecule has 1 N–H and O–H groups in total. The van der Waals surface area contributed by atoms with Crippen molar-refractivity contribution in [2.45, 2.75) is 45.1 Å². The van der Waals surface area contributed by atoms with Crippen LogP contribution >= 0.6 is 0 Å². The highest BCUT2D eigenvalue weighted by atomic mass is 16.5. The van der Waals surface area contributed by atoms with E-state index in [1.807, 2.05) is 48.0 Å². The van der Waals surface area contributed by atoms with Crippen LogP contribution in [0.15, 0.2) is 46.8 Å². The van der Waals surface area contributed by atoms with Crippen molar-refractivity contribution < 1.29 is 14.3 Å². The molecule has 0 spiro atoms. The zero-order chi connectivity index (χ0) is 27.8. The number of hydrogen-bond acceptors (Lipinski definition) is 8. The summed E-state index contributed by atoms with van der Waals surface area (Å²) in [4.78, 5) is 43.5. The van der Waals surface area contributed by atoms with Crippen LogP contribution in [0.25, 0.3) is 0 Å². The molecule has 4 aliphatic rings. The number of piperidine rings is 1. The van der Waals surface area contributed by atoms with Crippen molar-refractivity contribution in [3.05, 3.63) is 47.4 Å². The summed E-state index contributed by atoms with van der Waals surface area (Å²) in [6.07, 6.45) is 8.64. The summed E-state index contributed by atoms with van der Waals surface area (Å²) < 4.78 is 5.96. The van der Waals surface area contributed by atoms with Crippen LogP contribution in [0.5, 0.6) is 5.75 Å². The molecule has 0 bridgehead atoms. The summed E-state index contributed by atoms with van der Waals surface area (Å²) >= 11 is 0. The fourth-order valence-corrected chi connectivity index (χ4v) is 6.22. The van der Waals surface area contributed by atoms with Gasteiger partial charge in [0.25, 0.3) is 11.8 Å². The van der Waals surface area contributed by atoms with E-state index in [4.69, 9.17) is 4.74 Å². The first kappa shape index (κ1) is 26.3. The Morgan fingerprint density at radius 3 is 2.58 bits per heavy atom. The molecule has 1 aromatic carbocycles. The molecule has 0 saturated carbocycles. The minimum Gasteiger partial charge on any atom is -0.492 e. The molecular formula is C30H37N7O3. The SMILES string of the molecule is CCOc1cc(C(=O)N2CCC(N3CCCC3)CC2)ccc1Nc1cc2c(cn1)N(C)C(=O)C1=C(N=CC1)N2C. The fourth-order valence-electron chi connectivity index (χ4n) is 6.22. The largest absolute Gasteiger partial charge is 0.492 e. The average molecular weight is 544 g/mol. The predicted molar refractivity (Wildman–Crippen MR) is 157 cm³/mol. The molecule has 10 heteroatoms. The van der Waals surface area contributed by atoms with Gasteiger partial charge in [-0.2, -0.15) is 0 Å². The van der Waals surface area contributed by atoms with Crippen LogP contribution in [0.2, 0.25) is 0 Å². The molecular weight excluding hydrogens is 506 g/mol. The molecule has 2 fully saturated rings. The molecule has 4 aliphatic heterocycles. The Kier molecular flexibility index (Phi) is 7.18. The highest BCUT2D eigenvalue weighted by Gasteiger charge is 2.32. The van der Waals surface area contributed by atoms with E-state index in [-0.39, 0.29) is 11.8 Å². The number of aliphatic imine (C=N–C) groups is 1. The minimum atomic E-state index is -0.0697. The lowest BCUT2D eigenvalue weighted by Crippen LogP contribution is -2.45. The van der Waals surface area contributed by atoms with E-state index in [0.717, 1.165) is 37.3 Å². The smallest absolute Gasteiger partial charge is 0.258 e. The number of carbonyl (C=O) groups excluding carboxylic acids is 2. The Morgan fingerprint density at radius 1 is 1.05 bits per heavy atom. The lowest BCUT2D eigenvalue weighted by molar-refractivity contribution is -0.114. The van der Waals surface area contributed by atoms with E-state index in [1.165, 1.54) is 25.9 Å². The number of amides is 2. The lowest BCUT2D eigenvalue weighted by atomic mass is 10.0. The van der Waals surface area contributed by atoms with Gasteiger partial charge >= 0.3 is 0 Å². The van der Waals surface area contributed by atoms with Gasteiger partial charge in [-0.05, 0) is 63.9 Å². The molecule has 0 atom stereocenters. The number of hydrogen-bond donors (Lipinski definition) is 1. The van der Waals surface area contributed by atoms with Crippen LogP contribution < -0.4 is 19.9 Å². The molecule has 10 nitrogen and oxygen atoms in total. The zero-order valence-corrected chi connectivity index (χ0v) is 23.5. The number of likely N-dealkylation sites (N-methyl/N-ethyl adjacent to an activating group) is 1. The second-order valence-electron chi connectivity index (χ2n) is 10.8. The third-order valence-electron chi connectivity index (χ3n) is 8.44. The lowest BCUT2D eigenvalue weighted by Gasteiger charge is -2.36. The standard InChI is InChI=1S/C30H37N7O3/c1-4-40-26-17-20(29(38)37-15-10-21(11-16-37)36-13-5-6-14-36)7-8-23(26)33-27-18-24-25(19-32-27)35(3)30(39)22-9-12-31-28(22)34(24)2/h7-8,12,17-19,21H,4-6,9-11,13-16H2,1-3H3,(H,32,33). The van der Waals surface area contributed by atoms with Gasteiger partial charge in [-0.25, -0.2) is 9.98 Å². The van der Waals surface area contributed by atoms with Crippen LogP contribution in [0.3, 0.4) is 0 Å². The highest BCUT2D eigenvalue weighted by molar-refractivity contribution is 6.12. The van der Waals surface area contributed by atoms with Crippen molar-refractivity contribution in [3.63, 3.8) is 0 Å². The second-order valence-corrected chi connectivity index (χ2v) is 10.8. The predicted octanol–water partition coefficient (Wildman–Crippen LogP) is 4.02. The van der Waals surface area contributed by atoms with Crippen molar-refractivity contribution in [1.29, 1.82) is 0 Å². The number of nitrogens with zero attached hydrogens (tertiary/aromatic N) is 6. The maximum atomic E-state index is 13.4. The molecule has 210 valence electrons. The van der Waals surface area contributed by atoms with Crippen molar-refractivity contribution in [2.24, 2.45) is 4.99 Å². The number of benzene rings is 1. The monoisotopic (exact) mass is 543 g/mol. The maximum absolute atomic E-state index is 13.4. The van der Waals surface area contributed by atoms with Gasteiger partial charge < -0.3 is 29.7 Å². The van der Waals surface area contributed by atoms with Gasteiger partial charge in [0.1, 0.15) is 17.4 Å². The van der Waals surface area contributed by atoms with Crippen LogP contribution in [0.4, 0.5) is 22.9 Å². The Balaban J connectivity index is 1.20. The summed E-state index contributed by atoms with van der Waals surface area (Å²) in [5.74, 6) is 1.84. The first-order valence-corrected chi connectivity index (χ1v) is 14.3. The van der Waals surface area contributed by atoms with Crippen LogP contribution in [-0.4, -0.2) is 85.7 Å². The maximum Gasteiger partial charge on any atom is 0.258 e. The molecule has 0 unspecified atom stereocenters. The van der Waals surface area contributed by atoms with Crippen LogP contribution in [-0.2, 0) is 4.79 Å². The molecule has 6 rings (SSSR count). The van der Waals surface area contributed by atoms with Crippen molar-refractivity contribution >= 4 is 40.9 Å². The van der Waals surface area contributed by atoms with E-state index in [9.17, 15) is 9.59 Å². The normalized spacial score (nSPS) is 19.7. The number of nitrogens with one attached hydrogen (secondary N) is 1. The first-order valence-electron chi connectivity index (χ1n) is 14.3. The van der Waals surface area contributed by atoms with Crippen molar-refractivity contribution in [3.8, 4) is 5.75 Å². The minimum absolute atomic E-state index is 0.0473. The second kappa shape index (κ2) is 10.9. The van der Waals surface area contributed by atoms with Gasteiger partial charge in [0.2, 0.25) is 0 Å². The third kappa shape index (κ3) is 4.81. The summed E-state index contributed by atoms with van der Waals surface area (Å²) in [7, 11) is 3.67. The van der Waals surface area contributed by atoms with Crippen LogP contribution in [0, 0.1) is 0 Å². The molecule has 5 heterocycles. The van der Waals surface area contributed by atoms with Gasteiger partial charge in [0.05, 0.1) is 35.4 Å². The van der Waals surface area contributed by atoms with Crippen molar-refractivity contribution in [1.82, 2.24) is 14.8 Å². The Labute approximate surface area is 235 Å². The molecule has 40 heavy (non-hydrogen) atoms. The molecule has 0 radical (unpaired) electrons. The van der Waals surface area contributed by atoms with Gasteiger partial charge in [-0.3, -0.25) is 9.59 Å². The Morgan fingerprint density at radius 2 is 1.82 bits per heavy atom. The van der Waals surface area contributed by atoms with Crippen LogP contribution in [0.1, 0.15) is 49.4 Å². The Bertz CT molecular complexity index is 1370. The van der Waals surface area contributed by atoms with Gasteiger partial charge in [-0.15, -0.1) is 0 Å². The average Bonchev–Trinajstić information content (AvgIpc) is 3.69. The first-order chi connectivity index (χ1) is 19.4. The molecule has 2 amide bonds. The number of ether oxygens (including phenoxy) is 1. The van der Waals surface area contributed by atoms with Gasteiger partial charge in [-0.1, -0.05) is 0 Å². The summed E-state index contributed by atoms with van der Waals surface area (Å²) in [5, 5.41) is 3.37. The molecule has 0 aliphatic carbocycles. The van der Waals surface area contributed by atoms with E-state index in [1.54, 1.807) is 24.4 Å². The third-order valence-corrected chi connectivity index (χ3v) is 8.44. The fraction of sp³-hybridized carbons (Fsp3) is 0.467. The number of carbonyl (C=O) groups is 2. The molecule has 2 saturated heterocycles. The number of pyridine rings is 1. The topological polar surface area (TPSA) is 93.6 Å². The number of rotatable bonds is 6. The van der Waals surface area contributed by atoms with E-state index in [0.29, 0.717) is 53.3 Å². The number of fused-ring (bicyclic) bond motifs is 1. The van der Waals surface area contributed by atoms with E-state index >= 15 is 0 Å². The summed E-state index contributed by atoms with van der Waals surface area (Å²) in [6, 6.07) is 8.07. The highest BCUT2D eigenvalue weighted by Crippen LogP contribution is 2.39. The number of aromatic nitrogens is 1. The zero-order valence-electron chi connectivity index (χ0n) is 23.5. The summed E-state index contributed by atoms with van der Waals surface area (Å²) in [5.41, 5.74) is 3.55. The summed E-state index contributed by atoms with van der Waals surface area (Å²) in [6.45, 7) is 6.36. The molecule has 1 aromatic heterocycles. The van der Waals surface area contributed by atoms with E-state index in [2.05, 4.69) is 20.2 Å².